The van der Waals surface area contributed by atoms with Crippen LogP contribution < -0.4 is 5.11 Å². The molecule has 4 heteroatoms. The van der Waals surface area contributed by atoms with Crippen molar-refractivity contribution < 1.29 is 14.7 Å². The van der Waals surface area contributed by atoms with Crippen LogP contribution in [0.3, 0.4) is 0 Å². The Balaban J connectivity index is 4.87. The molecule has 0 aromatic heterocycles. The van der Waals surface area contributed by atoms with Crippen LogP contribution in [0.4, 0.5) is 0 Å². The number of amides is 1. The minimum absolute atomic E-state index is 0.210. The number of nitrogens with zero attached hydrogens (tertiary/aromatic N) is 1. The molecule has 0 radical (unpaired) electrons. The summed E-state index contributed by atoms with van der Waals surface area (Å²) in [7, 11) is 0. The van der Waals surface area contributed by atoms with Crippen LogP contribution in [0.5, 0.6) is 0 Å². The van der Waals surface area contributed by atoms with Crippen LogP contribution in [0, 0.1) is 0 Å². The Morgan fingerprint density at radius 1 is 1.19 bits per heavy atom. The molecule has 0 heterocycles. The molecule has 90 valence electrons. The molecule has 0 rings (SSSR count). The maximum Gasteiger partial charge on any atom is 0.270 e. The summed E-state index contributed by atoms with van der Waals surface area (Å²) < 4.78 is 0. The zero-order chi connectivity index (χ0) is 12.7. The highest BCUT2D eigenvalue weighted by Crippen LogP contribution is 2.13. The van der Waals surface area contributed by atoms with Gasteiger partial charge >= 0.3 is 0 Å². The van der Waals surface area contributed by atoms with Crippen LogP contribution in [0.25, 0.3) is 0 Å². The first-order valence-corrected chi connectivity index (χ1v) is 5.21. The summed E-state index contributed by atoms with van der Waals surface area (Å²) in [4.78, 5) is 23.4. The lowest BCUT2D eigenvalue weighted by Gasteiger charge is -2.34. The van der Waals surface area contributed by atoms with E-state index in [1.807, 2.05) is 0 Å². The normalized spacial score (nSPS) is 13.6. The van der Waals surface area contributed by atoms with Crippen molar-refractivity contribution in [2.45, 2.75) is 38.8 Å². The van der Waals surface area contributed by atoms with Crippen LogP contribution in [0.2, 0.25) is 0 Å². The molecule has 0 fully saturated rings. The molecule has 0 spiro atoms. The number of hydrogen-bond acceptors (Lipinski definition) is 3. The molecule has 4 nitrogen and oxygen atoms in total. The van der Waals surface area contributed by atoms with Gasteiger partial charge in [0.05, 0.1) is 0 Å². The van der Waals surface area contributed by atoms with E-state index in [0.29, 0.717) is 12.8 Å². The van der Waals surface area contributed by atoms with E-state index in [-0.39, 0.29) is 12.1 Å². The predicted molar refractivity (Wildman–Crippen MR) is 60.4 cm³/mol. The van der Waals surface area contributed by atoms with Gasteiger partial charge in [0.1, 0.15) is 5.97 Å². The maximum absolute atomic E-state index is 11.5. The molecule has 0 saturated heterocycles. The van der Waals surface area contributed by atoms with Crippen molar-refractivity contribution in [3.8, 4) is 0 Å². The third kappa shape index (κ3) is 3.88. The van der Waals surface area contributed by atoms with Gasteiger partial charge in [-0.05, 0) is 26.7 Å². The quantitative estimate of drug-likeness (QED) is 0.487. The van der Waals surface area contributed by atoms with Crippen molar-refractivity contribution in [1.29, 1.82) is 0 Å². The standard InChI is InChI=1S/C12H19NO3/c1-5-7-9(3)13(10(4)8-6-2)11(14)12(15)16/h5-6,9-10H,1-2,7-8H2,3-4H3,(H,15,16)/p-1. The van der Waals surface area contributed by atoms with Gasteiger partial charge in [0, 0.05) is 12.1 Å². The number of hydrogen-bond donors (Lipinski definition) is 0. The van der Waals surface area contributed by atoms with Crippen LogP contribution in [-0.4, -0.2) is 28.9 Å². The SMILES string of the molecule is C=CCC(C)N(C(=O)C(=O)[O-])C(C)CC=C. The molecule has 0 bridgehead atoms. The summed E-state index contributed by atoms with van der Waals surface area (Å²) in [6, 6.07) is -0.421. The van der Waals surface area contributed by atoms with Crippen LogP contribution in [0.1, 0.15) is 26.7 Å². The minimum atomic E-state index is -1.67. The number of rotatable bonds is 6. The van der Waals surface area contributed by atoms with Crippen molar-refractivity contribution in [1.82, 2.24) is 4.90 Å². The largest absolute Gasteiger partial charge is 0.540 e. The summed E-state index contributed by atoms with van der Waals surface area (Å²) in [5.74, 6) is -2.66. The Bertz CT molecular complexity index is 270. The van der Waals surface area contributed by atoms with Gasteiger partial charge in [-0.25, -0.2) is 0 Å². The molecular formula is C12H18NO3-. The maximum atomic E-state index is 11.5. The zero-order valence-electron chi connectivity index (χ0n) is 9.81. The van der Waals surface area contributed by atoms with Gasteiger partial charge in [-0.15, -0.1) is 13.2 Å². The van der Waals surface area contributed by atoms with E-state index in [4.69, 9.17) is 0 Å². The van der Waals surface area contributed by atoms with Gasteiger partial charge in [0.15, 0.2) is 0 Å². The Morgan fingerprint density at radius 2 is 1.56 bits per heavy atom. The lowest BCUT2D eigenvalue weighted by molar-refractivity contribution is -0.302. The van der Waals surface area contributed by atoms with Crippen molar-refractivity contribution >= 4 is 11.9 Å². The molecule has 0 saturated carbocycles. The molecule has 0 aromatic carbocycles. The molecule has 0 aliphatic carbocycles. The second kappa shape index (κ2) is 6.82. The second-order valence-corrected chi connectivity index (χ2v) is 3.75. The van der Waals surface area contributed by atoms with E-state index in [1.54, 1.807) is 26.0 Å². The van der Waals surface area contributed by atoms with Gasteiger partial charge < -0.3 is 14.8 Å². The Kier molecular flexibility index (Phi) is 6.15. The predicted octanol–water partition coefficient (Wildman–Crippen LogP) is 0.494. The van der Waals surface area contributed by atoms with E-state index in [1.165, 1.54) is 4.90 Å². The van der Waals surface area contributed by atoms with Gasteiger partial charge in [-0.3, -0.25) is 4.79 Å². The molecule has 16 heavy (non-hydrogen) atoms. The summed E-state index contributed by atoms with van der Waals surface area (Å²) in [5.41, 5.74) is 0. The van der Waals surface area contributed by atoms with Crippen LogP contribution >= 0.6 is 0 Å². The Hall–Kier alpha value is -1.58. The van der Waals surface area contributed by atoms with E-state index in [9.17, 15) is 14.7 Å². The molecule has 0 aliphatic rings. The first kappa shape index (κ1) is 14.4. The number of carbonyl (C=O) groups is 2. The van der Waals surface area contributed by atoms with E-state index < -0.39 is 11.9 Å². The van der Waals surface area contributed by atoms with Gasteiger partial charge in [-0.2, -0.15) is 0 Å². The smallest absolute Gasteiger partial charge is 0.270 e. The molecule has 0 N–H and O–H groups in total. The average Bonchev–Trinajstić information content (AvgIpc) is 2.18. The van der Waals surface area contributed by atoms with Crippen molar-refractivity contribution in [2.24, 2.45) is 0 Å². The van der Waals surface area contributed by atoms with Crippen LogP contribution in [-0.2, 0) is 9.59 Å². The Morgan fingerprint density at radius 3 is 1.81 bits per heavy atom. The van der Waals surface area contributed by atoms with Crippen molar-refractivity contribution in [3.05, 3.63) is 25.3 Å². The Labute approximate surface area is 96.3 Å². The fourth-order valence-electron chi connectivity index (χ4n) is 1.65. The summed E-state index contributed by atoms with van der Waals surface area (Å²) in [6.07, 6.45) is 4.39. The second-order valence-electron chi connectivity index (χ2n) is 3.75. The third-order valence-electron chi connectivity index (χ3n) is 2.37. The molecule has 2 atom stereocenters. The first-order chi connectivity index (χ1) is 7.45. The topological polar surface area (TPSA) is 60.4 Å². The summed E-state index contributed by atoms with van der Waals surface area (Å²) in [6.45, 7) is 10.7. The molecular weight excluding hydrogens is 206 g/mol. The molecule has 1 amide bonds. The average molecular weight is 224 g/mol. The lowest BCUT2D eigenvalue weighted by Crippen LogP contribution is -2.51. The van der Waals surface area contributed by atoms with E-state index in [0.717, 1.165) is 0 Å². The highest BCUT2D eigenvalue weighted by atomic mass is 16.4. The summed E-state index contributed by atoms with van der Waals surface area (Å²) in [5, 5.41) is 10.6. The first-order valence-electron chi connectivity index (χ1n) is 5.21. The summed E-state index contributed by atoms with van der Waals surface area (Å²) >= 11 is 0. The van der Waals surface area contributed by atoms with Crippen molar-refractivity contribution in [3.63, 3.8) is 0 Å². The van der Waals surface area contributed by atoms with Gasteiger partial charge in [-0.1, -0.05) is 12.2 Å². The molecule has 2 unspecified atom stereocenters. The third-order valence-corrected chi connectivity index (χ3v) is 2.37. The number of aliphatic carboxylic acids is 1. The van der Waals surface area contributed by atoms with E-state index >= 15 is 0 Å². The van der Waals surface area contributed by atoms with Gasteiger partial charge in [0.2, 0.25) is 0 Å². The fourth-order valence-corrected chi connectivity index (χ4v) is 1.65. The number of carboxylic acid groups (broad SMARTS) is 1. The monoisotopic (exact) mass is 224 g/mol. The van der Waals surface area contributed by atoms with E-state index in [2.05, 4.69) is 13.2 Å². The van der Waals surface area contributed by atoms with Crippen molar-refractivity contribution in [2.75, 3.05) is 0 Å². The van der Waals surface area contributed by atoms with Gasteiger partial charge in [0.25, 0.3) is 5.91 Å². The van der Waals surface area contributed by atoms with Crippen LogP contribution in [0.15, 0.2) is 25.3 Å². The fraction of sp³-hybridized carbons (Fsp3) is 0.500. The highest BCUT2D eigenvalue weighted by molar-refractivity contribution is 6.30. The molecule has 0 aliphatic heterocycles. The number of carboxylic acids is 1. The minimum Gasteiger partial charge on any atom is -0.540 e. The number of carbonyl (C=O) groups excluding carboxylic acids is 2. The lowest BCUT2D eigenvalue weighted by atomic mass is 10.1. The highest BCUT2D eigenvalue weighted by Gasteiger charge is 2.24. The molecule has 0 aromatic rings. The zero-order valence-corrected chi connectivity index (χ0v) is 9.81.